The van der Waals surface area contributed by atoms with Gasteiger partial charge in [0.2, 0.25) is 15.9 Å². The molecule has 27 heavy (non-hydrogen) atoms. The maximum Gasteiger partial charge on any atom is 0.269 e. The van der Waals surface area contributed by atoms with E-state index in [1.54, 1.807) is 26.8 Å². The predicted octanol–water partition coefficient (Wildman–Crippen LogP) is 2.37. The van der Waals surface area contributed by atoms with Gasteiger partial charge in [0.25, 0.3) is 5.91 Å². The molecule has 2 amide bonds. The van der Waals surface area contributed by atoms with Crippen molar-refractivity contribution in [2.75, 3.05) is 13.1 Å². The van der Waals surface area contributed by atoms with Crippen LogP contribution in [0, 0.1) is 12.8 Å². The molecule has 2 rings (SSSR count). The summed E-state index contributed by atoms with van der Waals surface area (Å²) in [6, 6.07) is 4.47. The van der Waals surface area contributed by atoms with Crippen molar-refractivity contribution in [3.8, 4) is 0 Å². The highest BCUT2D eigenvalue weighted by atomic mass is 32.2. The van der Waals surface area contributed by atoms with Crippen molar-refractivity contribution in [2.24, 2.45) is 5.92 Å². The molecule has 1 aliphatic rings. The summed E-state index contributed by atoms with van der Waals surface area (Å²) in [5, 5.41) is 0. The van der Waals surface area contributed by atoms with Crippen molar-refractivity contribution < 1.29 is 18.0 Å². The number of amides is 2. The van der Waals surface area contributed by atoms with E-state index in [1.165, 1.54) is 16.4 Å². The smallest absolute Gasteiger partial charge is 0.269 e. The second kappa shape index (κ2) is 9.32. The fraction of sp³-hybridized carbons (Fsp3) is 0.579. The molecule has 0 unspecified atom stereocenters. The van der Waals surface area contributed by atoms with Crippen molar-refractivity contribution in [2.45, 2.75) is 57.8 Å². The Balaban J connectivity index is 2.13. The number of sulfonamides is 1. The van der Waals surface area contributed by atoms with Gasteiger partial charge in [0.05, 0.1) is 4.90 Å². The summed E-state index contributed by atoms with van der Waals surface area (Å²) in [5.41, 5.74) is 5.77. The van der Waals surface area contributed by atoms with Gasteiger partial charge >= 0.3 is 0 Å². The lowest BCUT2D eigenvalue weighted by atomic mass is 9.89. The van der Waals surface area contributed by atoms with Crippen LogP contribution in [0.2, 0.25) is 0 Å². The second-order valence-electron chi connectivity index (χ2n) is 6.84. The lowest BCUT2D eigenvalue weighted by molar-refractivity contribution is -0.126. The average Bonchev–Trinajstić information content (AvgIpc) is 2.67. The summed E-state index contributed by atoms with van der Waals surface area (Å²) in [6.07, 6.45) is 4.85. The average molecular weight is 396 g/mol. The van der Waals surface area contributed by atoms with Crippen LogP contribution in [0.15, 0.2) is 23.1 Å². The molecule has 1 aromatic carbocycles. The van der Waals surface area contributed by atoms with Crippen LogP contribution in [0.1, 0.15) is 61.9 Å². The highest BCUT2D eigenvalue weighted by Crippen LogP contribution is 2.23. The lowest BCUT2D eigenvalue weighted by Crippen LogP contribution is -2.45. The van der Waals surface area contributed by atoms with Gasteiger partial charge in [-0.2, -0.15) is 4.31 Å². The van der Waals surface area contributed by atoms with E-state index in [1.807, 2.05) is 0 Å². The van der Waals surface area contributed by atoms with Gasteiger partial charge in [-0.1, -0.05) is 39.2 Å². The van der Waals surface area contributed by atoms with Crippen LogP contribution in [0.3, 0.4) is 0 Å². The third-order valence-corrected chi connectivity index (χ3v) is 7.12. The minimum Gasteiger partial charge on any atom is -0.273 e. The molecule has 0 saturated heterocycles. The number of nitrogens with one attached hydrogen (secondary N) is 2. The van der Waals surface area contributed by atoms with E-state index in [9.17, 15) is 18.0 Å². The Kier molecular flexibility index (Phi) is 7.38. The monoisotopic (exact) mass is 395 g/mol. The van der Waals surface area contributed by atoms with Crippen LogP contribution < -0.4 is 10.9 Å². The number of aryl methyl sites for hydroxylation is 1. The molecule has 0 aliphatic heterocycles. The van der Waals surface area contributed by atoms with Crippen LogP contribution >= 0.6 is 0 Å². The van der Waals surface area contributed by atoms with Gasteiger partial charge in [-0.3, -0.25) is 20.4 Å². The Morgan fingerprint density at radius 3 is 2.30 bits per heavy atom. The zero-order chi connectivity index (χ0) is 20.0. The fourth-order valence-electron chi connectivity index (χ4n) is 3.37. The Hall–Kier alpha value is -1.93. The molecule has 0 bridgehead atoms. The van der Waals surface area contributed by atoms with Crippen molar-refractivity contribution >= 4 is 21.8 Å². The Morgan fingerprint density at radius 2 is 1.70 bits per heavy atom. The number of hydrogen-bond donors (Lipinski definition) is 2. The summed E-state index contributed by atoms with van der Waals surface area (Å²) in [4.78, 5) is 24.8. The SMILES string of the molecule is CCN(CC)S(=O)(=O)c1ccc(C)c(C(=O)NNC(=O)C2CCCCC2)c1. The largest absolute Gasteiger partial charge is 0.273 e. The summed E-state index contributed by atoms with van der Waals surface area (Å²) >= 11 is 0. The zero-order valence-electron chi connectivity index (χ0n) is 16.2. The molecule has 1 aromatic rings. The Bertz CT molecular complexity index is 782. The third kappa shape index (κ3) is 5.07. The molecule has 0 radical (unpaired) electrons. The highest BCUT2D eigenvalue weighted by Gasteiger charge is 2.24. The second-order valence-corrected chi connectivity index (χ2v) is 8.78. The van der Waals surface area contributed by atoms with Crippen LogP contribution in [0.25, 0.3) is 0 Å². The molecule has 8 heteroatoms. The van der Waals surface area contributed by atoms with Crippen LogP contribution in [-0.2, 0) is 14.8 Å². The van der Waals surface area contributed by atoms with E-state index in [-0.39, 0.29) is 22.3 Å². The molecule has 150 valence electrons. The van der Waals surface area contributed by atoms with Crippen LogP contribution in [0.4, 0.5) is 0 Å². The molecular formula is C19H29N3O4S. The van der Waals surface area contributed by atoms with Gasteiger partial charge < -0.3 is 0 Å². The molecule has 0 atom stereocenters. The molecular weight excluding hydrogens is 366 g/mol. The van der Waals surface area contributed by atoms with E-state index < -0.39 is 15.9 Å². The molecule has 2 N–H and O–H groups in total. The summed E-state index contributed by atoms with van der Waals surface area (Å²) < 4.78 is 26.7. The van der Waals surface area contributed by atoms with Crippen molar-refractivity contribution in [1.82, 2.24) is 15.2 Å². The van der Waals surface area contributed by atoms with Crippen molar-refractivity contribution in [1.29, 1.82) is 0 Å². The van der Waals surface area contributed by atoms with Gasteiger partial charge in [0, 0.05) is 24.6 Å². The number of carbonyl (C=O) groups excluding carboxylic acids is 2. The first-order valence-electron chi connectivity index (χ1n) is 9.52. The van der Waals surface area contributed by atoms with Gasteiger partial charge in [-0.05, 0) is 37.5 Å². The minimum absolute atomic E-state index is 0.0700. The first-order valence-corrected chi connectivity index (χ1v) is 11.0. The maximum atomic E-state index is 12.7. The topological polar surface area (TPSA) is 95.6 Å². The van der Waals surface area contributed by atoms with Gasteiger partial charge in [0.15, 0.2) is 0 Å². The van der Waals surface area contributed by atoms with Crippen molar-refractivity contribution in [3.05, 3.63) is 29.3 Å². The summed E-state index contributed by atoms with van der Waals surface area (Å²) in [6.45, 7) is 5.97. The number of carbonyl (C=O) groups is 2. The molecule has 1 saturated carbocycles. The fourth-order valence-corrected chi connectivity index (χ4v) is 4.86. The molecule has 0 heterocycles. The number of nitrogens with zero attached hydrogens (tertiary/aromatic N) is 1. The zero-order valence-corrected chi connectivity index (χ0v) is 17.1. The predicted molar refractivity (Wildman–Crippen MR) is 103 cm³/mol. The number of hydrazine groups is 1. The van der Waals surface area contributed by atoms with E-state index in [4.69, 9.17) is 0 Å². The van der Waals surface area contributed by atoms with E-state index in [0.717, 1.165) is 32.1 Å². The van der Waals surface area contributed by atoms with Crippen molar-refractivity contribution in [3.63, 3.8) is 0 Å². The van der Waals surface area contributed by atoms with Crippen LogP contribution in [-0.4, -0.2) is 37.6 Å². The first kappa shape index (κ1) is 21.4. The summed E-state index contributed by atoms with van der Waals surface area (Å²) in [7, 11) is -3.66. The third-order valence-electron chi connectivity index (χ3n) is 5.07. The standard InChI is InChI=1S/C19H29N3O4S/c1-4-22(5-2)27(25,26)16-12-11-14(3)17(13-16)19(24)21-20-18(23)15-9-7-6-8-10-15/h11-13,15H,4-10H2,1-3H3,(H,20,23)(H,21,24). The summed E-state index contributed by atoms with van der Waals surface area (Å²) in [5.74, 6) is -0.782. The maximum absolute atomic E-state index is 12.7. The molecule has 1 aliphatic carbocycles. The molecule has 7 nitrogen and oxygen atoms in total. The lowest BCUT2D eigenvalue weighted by Gasteiger charge is -2.21. The van der Waals surface area contributed by atoms with E-state index in [2.05, 4.69) is 10.9 Å². The van der Waals surface area contributed by atoms with Gasteiger partial charge in [0.1, 0.15) is 0 Å². The number of rotatable bonds is 6. The van der Waals surface area contributed by atoms with Gasteiger partial charge in [-0.25, -0.2) is 8.42 Å². The minimum atomic E-state index is -3.66. The Labute approximate surface area is 161 Å². The van der Waals surface area contributed by atoms with Gasteiger partial charge in [-0.15, -0.1) is 0 Å². The van der Waals surface area contributed by atoms with E-state index in [0.29, 0.717) is 18.7 Å². The molecule has 0 spiro atoms. The first-order chi connectivity index (χ1) is 12.8. The van der Waals surface area contributed by atoms with E-state index >= 15 is 0 Å². The number of benzene rings is 1. The molecule has 1 fully saturated rings. The van der Waals surface area contributed by atoms with Crippen LogP contribution in [0.5, 0.6) is 0 Å². The normalized spacial score (nSPS) is 15.6. The molecule has 0 aromatic heterocycles. The Morgan fingerprint density at radius 1 is 1.07 bits per heavy atom. The quantitative estimate of drug-likeness (QED) is 0.723. The highest BCUT2D eigenvalue weighted by molar-refractivity contribution is 7.89. The number of hydrogen-bond acceptors (Lipinski definition) is 4.